The van der Waals surface area contributed by atoms with Crippen LogP contribution in [0.15, 0.2) is 27.9 Å². The average Bonchev–Trinajstić information content (AvgIpc) is 3.71. The Labute approximate surface area is 222 Å². The predicted molar refractivity (Wildman–Crippen MR) is 142 cm³/mol. The number of piperazine rings is 1. The maximum Gasteiger partial charge on any atom is 0.296 e. The molecular weight excluding hydrogens is 506 g/mol. The summed E-state index contributed by atoms with van der Waals surface area (Å²) in [6.45, 7) is 4.67. The first kappa shape index (κ1) is 25.4. The summed E-state index contributed by atoms with van der Waals surface area (Å²) >= 11 is 0. The molecule has 1 aromatic carbocycles. The smallest absolute Gasteiger partial charge is 0.296 e. The first-order valence-corrected chi connectivity index (χ1v) is 15.3. The van der Waals surface area contributed by atoms with Crippen molar-refractivity contribution in [2.45, 2.75) is 75.1 Å². The van der Waals surface area contributed by atoms with E-state index in [4.69, 9.17) is 4.74 Å². The molecule has 0 bridgehead atoms. The van der Waals surface area contributed by atoms with Crippen molar-refractivity contribution in [2.24, 2.45) is 0 Å². The molecule has 3 fully saturated rings. The van der Waals surface area contributed by atoms with Crippen molar-refractivity contribution in [3.8, 4) is 17.1 Å². The zero-order chi connectivity index (χ0) is 26.3. The van der Waals surface area contributed by atoms with Gasteiger partial charge < -0.3 is 9.72 Å². The molecule has 0 unspecified atom stereocenters. The van der Waals surface area contributed by atoms with Gasteiger partial charge in [-0.2, -0.15) is 8.82 Å². The van der Waals surface area contributed by atoms with Crippen molar-refractivity contribution in [2.75, 3.05) is 32.8 Å². The number of H-pyrrole nitrogens is 1. The number of nitrogens with zero attached hydrogens (tertiary/aromatic N) is 6. The lowest BCUT2D eigenvalue weighted by atomic mass is 10.1. The van der Waals surface area contributed by atoms with E-state index in [1.165, 1.54) is 30.2 Å². The van der Waals surface area contributed by atoms with Crippen LogP contribution >= 0.6 is 0 Å². The van der Waals surface area contributed by atoms with E-state index >= 15 is 0 Å². The summed E-state index contributed by atoms with van der Waals surface area (Å²) in [5.74, 6) is 1.56. The number of fused-ring (bicyclic) bond motifs is 1. The zero-order valence-electron chi connectivity index (χ0n) is 21.8. The zero-order valence-corrected chi connectivity index (χ0v) is 22.6. The van der Waals surface area contributed by atoms with Gasteiger partial charge in [-0.3, -0.25) is 9.69 Å². The van der Waals surface area contributed by atoms with Crippen LogP contribution in [0.25, 0.3) is 17.0 Å². The minimum absolute atomic E-state index is 0.137. The Balaban J connectivity index is 1.34. The normalized spacial score (nSPS) is 20.6. The van der Waals surface area contributed by atoms with Gasteiger partial charge in [-0.1, -0.05) is 25.7 Å². The molecule has 3 heterocycles. The van der Waals surface area contributed by atoms with E-state index < -0.39 is 15.6 Å². The minimum atomic E-state index is -3.73. The van der Waals surface area contributed by atoms with Crippen molar-refractivity contribution >= 4 is 15.7 Å². The van der Waals surface area contributed by atoms with E-state index in [2.05, 4.69) is 25.2 Å². The molecule has 1 aliphatic heterocycles. The van der Waals surface area contributed by atoms with Gasteiger partial charge in [-0.15, -0.1) is 15.3 Å². The van der Waals surface area contributed by atoms with Crippen LogP contribution in [0.4, 0.5) is 0 Å². The van der Waals surface area contributed by atoms with E-state index in [1.54, 1.807) is 22.5 Å². The second-order valence-electron chi connectivity index (χ2n) is 10.5. The molecule has 0 atom stereocenters. The molecule has 38 heavy (non-hydrogen) atoms. The quantitative estimate of drug-likeness (QED) is 0.484. The maximum atomic E-state index is 13.7. The van der Waals surface area contributed by atoms with E-state index in [-0.39, 0.29) is 22.3 Å². The Morgan fingerprint density at radius 2 is 1.71 bits per heavy atom. The topological polar surface area (TPSA) is 126 Å². The van der Waals surface area contributed by atoms with Gasteiger partial charge in [0.2, 0.25) is 15.7 Å². The summed E-state index contributed by atoms with van der Waals surface area (Å²) in [6, 6.07) is 5.37. The lowest BCUT2D eigenvalue weighted by molar-refractivity contribution is 0.139. The summed E-state index contributed by atoms with van der Waals surface area (Å²) in [6.07, 6.45) is 9.12. The van der Waals surface area contributed by atoms with Crippen LogP contribution in [-0.4, -0.2) is 81.2 Å². The fourth-order valence-electron chi connectivity index (χ4n) is 6.24. The highest BCUT2D eigenvalue weighted by atomic mass is 32.2. The fourth-order valence-corrected chi connectivity index (χ4v) is 7.69. The second kappa shape index (κ2) is 10.4. The number of ether oxygens (including phenoxy) is 1. The Kier molecular flexibility index (Phi) is 6.95. The Bertz CT molecular complexity index is 1460. The third kappa shape index (κ3) is 4.62. The summed E-state index contributed by atoms with van der Waals surface area (Å²) in [5, 5.41) is 13.0. The van der Waals surface area contributed by atoms with E-state index in [9.17, 15) is 13.2 Å². The first-order chi connectivity index (χ1) is 18.5. The van der Waals surface area contributed by atoms with Crippen LogP contribution in [0.2, 0.25) is 0 Å². The van der Waals surface area contributed by atoms with Gasteiger partial charge >= 0.3 is 0 Å². The highest BCUT2D eigenvalue weighted by molar-refractivity contribution is 7.89. The highest BCUT2D eigenvalue weighted by Crippen LogP contribution is 2.34. The minimum Gasteiger partial charge on any atom is -0.493 e. The van der Waals surface area contributed by atoms with Crippen LogP contribution in [0, 0.1) is 0 Å². The van der Waals surface area contributed by atoms with Gasteiger partial charge in [0.25, 0.3) is 5.56 Å². The number of aromatic amines is 1. The van der Waals surface area contributed by atoms with E-state index in [0.717, 1.165) is 38.8 Å². The highest BCUT2D eigenvalue weighted by Gasteiger charge is 2.33. The average molecular weight is 542 g/mol. The van der Waals surface area contributed by atoms with Crippen LogP contribution < -0.4 is 10.3 Å². The number of aromatic nitrogens is 5. The molecule has 2 aromatic heterocycles. The van der Waals surface area contributed by atoms with Crippen LogP contribution in [0.1, 0.15) is 70.0 Å². The predicted octanol–water partition coefficient (Wildman–Crippen LogP) is 2.78. The van der Waals surface area contributed by atoms with Crippen molar-refractivity contribution in [1.29, 1.82) is 0 Å². The van der Waals surface area contributed by atoms with Crippen molar-refractivity contribution in [1.82, 2.24) is 34.0 Å². The molecule has 1 saturated heterocycles. The molecule has 6 rings (SSSR count). The lowest BCUT2D eigenvalue weighted by Gasteiger charge is -2.37. The van der Waals surface area contributed by atoms with Gasteiger partial charge in [0, 0.05) is 38.1 Å². The molecule has 3 aromatic rings. The molecule has 2 aliphatic carbocycles. The Hall–Kier alpha value is -2.83. The van der Waals surface area contributed by atoms with Gasteiger partial charge in [-0.25, -0.2) is 8.42 Å². The molecule has 0 amide bonds. The van der Waals surface area contributed by atoms with Crippen molar-refractivity contribution in [3.63, 3.8) is 0 Å². The van der Waals surface area contributed by atoms with Crippen LogP contribution in [0.3, 0.4) is 0 Å². The first-order valence-electron chi connectivity index (χ1n) is 13.8. The monoisotopic (exact) mass is 541 g/mol. The van der Waals surface area contributed by atoms with Crippen molar-refractivity contribution < 1.29 is 13.2 Å². The summed E-state index contributed by atoms with van der Waals surface area (Å²) < 4.78 is 36.3. The number of benzene rings is 1. The molecule has 1 N–H and O–H groups in total. The second-order valence-corrected chi connectivity index (χ2v) is 12.5. The third-order valence-corrected chi connectivity index (χ3v) is 10.2. The number of hydrogen-bond donors (Lipinski definition) is 1. The van der Waals surface area contributed by atoms with Gasteiger partial charge in [0.05, 0.1) is 17.1 Å². The summed E-state index contributed by atoms with van der Waals surface area (Å²) in [5.41, 5.74) is 0.130. The molecule has 11 nitrogen and oxygen atoms in total. The number of hydrogen-bond acceptors (Lipinski definition) is 8. The molecule has 3 aliphatic rings. The summed E-state index contributed by atoms with van der Waals surface area (Å²) in [4.78, 5) is 18.3. The standard InChI is InChI=1S/C26H35N7O4S/c1-2-37-22-12-11-20(38(35,36)32-15-13-31(14-16-32)19-9-5-6-10-19)17-21(22)23-27-26(34)25-29-28-24(33(25)30-23)18-7-3-4-8-18/h11-12,17-19H,2-10,13-16H2,1H3,(H,27,30,34). The SMILES string of the molecule is CCOc1ccc(S(=O)(=O)N2CCN(C3CCCC3)CC2)cc1-c1nn2c(C3CCCC3)nnc2c(=O)[nH]1. The van der Waals surface area contributed by atoms with Crippen molar-refractivity contribution in [3.05, 3.63) is 34.4 Å². The molecule has 12 heteroatoms. The maximum absolute atomic E-state index is 13.7. The number of nitrogens with one attached hydrogen (secondary N) is 1. The molecule has 0 radical (unpaired) electrons. The Morgan fingerprint density at radius 1 is 1.00 bits per heavy atom. The summed E-state index contributed by atoms with van der Waals surface area (Å²) in [7, 11) is -3.73. The molecular formula is C26H35N7O4S. The van der Waals surface area contributed by atoms with E-state index in [0.29, 0.717) is 42.9 Å². The van der Waals surface area contributed by atoms with Crippen LogP contribution in [0.5, 0.6) is 5.75 Å². The largest absolute Gasteiger partial charge is 0.493 e. The van der Waals surface area contributed by atoms with Gasteiger partial charge in [0.1, 0.15) is 5.75 Å². The molecule has 204 valence electrons. The third-order valence-electron chi connectivity index (χ3n) is 8.28. The number of rotatable bonds is 7. The van der Waals surface area contributed by atoms with Crippen LogP contribution in [-0.2, 0) is 10.0 Å². The Morgan fingerprint density at radius 3 is 2.42 bits per heavy atom. The molecule has 0 spiro atoms. The van der Waals surface area contributed by atoms with Gasteiger partial charge in [0.15, 0.2) is 11.6 Å². The number of sulfonamides is 1. The lowest BCUT2D eigenvalue weighted by Crippen LogP contribution is -2.51. The molecule has 2 saturated carbocycles. The fraction of sp³-hybridized carbons (Fsp3) is 0.615. The van der Waals surface area contributed by atoms with E-state index in [1.807, 2.05) is 6.92 Å². The van der Waals surface area contributed by atoms with Gasteiger partial charge in [-0.05, 0) is 50.8 Å².